The molecule has 0 radical (unpaired) electrons. The Morgan fingerprint density at radius 2 is 1.85 bits per heavy atom. The lowest BCUT2D eigenvalue weighted by Crippen LogP contribution is -2.37. The molecule has 0 fully saturated rings. The van der Waals surface area contributed by atoms with Crippen LogP contribution in [-0.2, 0) is 4.79 Å². The monoisotopic (exact) mass is 533 g/mol. The molecule has 0 aliphatic heterocycles. The van der Waals surface area contributed by atoms with Crippen molar-refractivity contribution in [2.75, 3.05) is 32.8 Å². The predicted molar refractivity (Wildman–Crippen MR) is 133 cm³/mol. The number of halogens is 2. The minimum atomic E-state index is -0.307. The zero-order chi connectivity index (χ0) is 23.6. The molecule has 1 heterocycles. The van der Waals surface area contributed by atoms with Crippen LogP contribution in [0.1, 0.15) is 18.7 Å². The average Bonchev–Trinajstić information content (AvgIpc) is 2.81. The summed E-state index contributed by atoms with van der Waals surface area (Å²) in [5.41, 5.74) is 4.65. The Morgan fingerprint density at radius 1 is 1.12 bits per heavy atom. The molecule has 10 heteroatoms. The number of fused-ring (bicyclic) bond motifs is 1. The van der Waals surface area contributed by atoms with E-state index in [0.29, 0.717) is 42.5 Å². The number of carbonyl (C=O) groups excluding carboxylic acids is 1. The Balaban J connectivity index is 1.79. The third-order valence-corrected chi connectivity index (χ3v) is 5.63. The van der Waals surface area contributed by atoms with Gasteiger partial charge in [0.1, 0.15) is 0 Å². The molecule has 0 saturated carbocycles. The van der Waals surface area contributed by atoms with E-state index < -0.39 is 0 Å². The lowest BCUT2D eigenvalue weighted by Gasteiger charge is -2.20. The van der Waals surface area contributed by atoms with Crippen molar-refractivity contribution >= 4 is 50.6 Å². The predicted octanol–water partition coefficient (Wildman–Crippen LogP) is 3.23. The first-order valence-electron chi connectivity index (χ1n) is 10.5. The molecule has 3 rings (SSSR count). The van der Waals surface area contributed by atoms with Gasteiger partial charge < -0.3 is 10.2 Å². The molecule has 33 heavy (non-hydrogen) atoms. The molecule has 0 spiro atoms. The summed E-state index contributed by atoms with van der Waals surface area (Å²) in [5.74, 6) is 0.0237. The summed E-state index contributed by atoms with van der Waals surface area (Å²) in [7, 11) is 0. The first kappa shape index (κ1) is 25.2. The van der Waals surface area contributed by atoms with E-state index in [0.717, 1.165) is 20.9 Å². The summed E-state index contributed by atoms with van der Waals surface area (Å²) in [5, 5.41) is 23.5. The minimum absolute atomic E-state index is 0.0407. The maximum Gasteiger partial charge on any atom is 0.254 e. The second-order valence-electron chi connectivity index (χ2n) is 7.30. The van der Waals surface area contributed by atoms with Crippen molar-refractivity contribution in [1.29, 1.82) is 0 Å². The van der Waals surface area contributed by atoms with Gasteiger partial charge in [-0.3, -0.25) is 9.69 Å². The second-order valence-corrected chi connectivity index (χ2v) is 8.62. The number of rotatable bonds is 11. The largest absolute Gasteiger partial charge is 0.396 e. The van der Waals surface area contributed by atoms with E-state index in [1.165, 1.54) is 6.21 Å². The van der Waals surface area contributed by atoms with Gasteiger partial charge in [0, 0.05) is 46.7 Å². The number of aliphatic hydroxyl groups is 2. The van der Waals surface area contributed by atoms with Crippen LogP contribution < -0.4 is 5.43 Å². The molecule has 3 N–H and O–H groups in total. The summed E-state index contributed by atoms with van der Waals surface area (Å²) < 4.78 is 0.896. The van der Waals surface area contributed by atoms with E-state index in [4.69, 9.17) is 21.8 Å². The molecule has 8 nitrogen and oxygen atoms in total. The highest BCUT2D eigenvalue weighted by Gasteiger charge is 2.13. The van der Waals surface area contributed by atoms with Crippen LogP contribution in [0.3, 0.4) is 0 Å². The number of aliphatic hydroxyl groups excluding tert-OH is 2. The van der Waals surface area contributed by atoms with Crippen molar-refractivity contribution in [2.24, 2.45) is 5.10 Å². The van der Waals surface area contributed by atoms with Crippen molar-refractivity contribution in [2.45, 2.75) is 12.8 Å². The van der Waals surface area contributed by atoms with Crippen LogP contribution in [0.5, 0.6) is 0 Å². The highest BCUT2D eigenvalue weighted by Crippen LogP contribution is 2.32. The summed E-state index contributed by atoms with van der Waals surface area (Å²) in [6.45, 7) is 1.29. The number of hydrazone groups is 1. The van der Waals surface area contributed by atoms with E-state index in [1.807, 2.05) is 41.3 Å². The number of nitrogens with zero attached hydrogens (tertiary/aromatic N) is 4. The Bertz CT molecular complexity index is 1120. The number of carbonyl (C=O) groups is 1. The van der Waals surface area contributed by atoms with Gasteiger partial charge in [-0.2, -0.15) is 5.10 Å². The molecule has 0 atom stereocenters. The molecule has 1 amide bonds. The van der Waals surface area contributed by atoms with Gasteiger partial charge in [0.05, 0.1) is 24.0 Å². The van der Waals surface area contributed by atoms with Crippen LogP contribution in [0.2, 0.25) is 5.02 Å². The second kappa shape index (κ2) is 12.7. The molecule has 0 saturated heterocycles. The van der Waals surface area contributed by atoms with Crippen molar-refractivity contribution < 1.29 is 15.0 Å². The van der Waals surface area contributed by atoms with E-state index in [1.54, 1.807) is 6.07 Å². The Labute approximate surface area is 205 Å². The van der Waals surface area contributed by atoms with E-state index in [-0.39, 0.29) is 25.7 Å². The lowest BCUT2D eigenvalue weighted by molar-refractivity contribution is -0.122. The highest BCUT2D eigenvalue weighted by molar-refractivity contribution is 9.10. The van der Waals surface area contributed by atoms with Crippen LogP contribution in [0, 0.1) is 0 Å². The highest BCUT2D eigenvalue weighted by atomic mass is 79.9. The number of benzene rings is 2. The van der Waals surface area contributed by atoms with Gasteiger partial charge in [0.25, 0.3) is 5.91 Å². The molecular formula is C23H25BrClN5O3. The quantitative estimate of drug-likeness (QED) is 0.257. The topological polar surface area (TPSA) is 111 Å². The van der Waals surface area contributed by atoms with E-state index in [2.05, 4.69) is 36.4 Å². The molecule has 3 aromatic rings. The van der Waals surface area contributed by atoms with Crippen molar-refractivity contribution in [3.63, 3.8) is 0 Å². The number of hydrogen-bond donors (Lipinski definition) is 3. The van der Waals surface area contributed by atoms with Gasteiger partial charge in [-0.15, -0.1) is 0 Å². The summed E-state index contributed by atoms with van der Waals surface area (Å²) in [6, 6.07) is 13.1. The molecular weight excluding hydrogens is 510 g/mol. The molecule has 0 unspecified atom stereocenters. The van der Waals surface area contributed by atoms with Gasteiger partial charge >= 0.3 is 0 Å². The lowest BCUT2D eigenvalue weighted by atomic mass is 10.1. The van der Waals surface area contributed by atoms with Crippen molar-refractivity contribution in [3.8, 4) is 11.3 Å². The zero-order valence-electron chi connectivity index (χ0n) is 17.9. The van der Waals surface area contributed by atoms with Crippen LogP contribution in [-0.4, -0.2) is 70.1 Å². The number of hydrogen-bond acceptors (Lipinski definition) is 7. The maximum atomic E-state index is 12.3. The fraction of sp³-hybridized carbons (Fsp3) is 0.304. The zero-order valence-corrected chi connectivity index (χ0v) is 20.3. The molecule has 1 aromatic heterocycles. The van der Waals surface area contributed by atoms with Crippen molar-refractivity contribution in [3.05, 3.63) is 57.8 Å². The molecule has 0 aliphatic rings. The minimum Gasteiger partial charge on any atom is -0.396 e. The molecule has 0 bridgehead atoms. The Hall–Kier alpha value is -2.43. The fourth-order valence-corrected chi connectivity index (χ4v) is 3.88. The number of aromatic nitrogens is 2. The Kier molecular flexibility index (Phi) is 9.71. The molecule has 2 aromatic carbocycles. The smallest absolute Gasteiger partial charge is 0.254 e. The van der Waals surface area contributed by atoms with Crippen molar-refractivity contribution in [1.82, 2.24) is 20.3 Å². The maximum absolute atomic E-state index is 12.3. The third kappa shape index (κ3) is 7.28. The molecule has 174 valence electrons. The fourth-order valence-electron chi connectivity index (χ4n) is 3.29. The summed E-state index contributed by atoms with van der Waals surface area (Å²) in [4.78, 5) is 23.3. The third-order valence-electron chi connectivity index (χ3n) is 4.81. The van der Waals surface area contributed by atoms with Gasteiger partial charge in [-0.25, -0.2) is 15.4 Å². The van der Waals surface area contributed by atoms with Crippen LogP contribution in [0.4, 0.5) is 0 Å². The van der Waals surface area contributed by atoms with E-state index in [9.17, 15) is 4.79 Å². The van der Waals surface area contributed by atoms with Gasteiger partial charge in [-0.05, 0) is 37.1 Å². The number of nitrogens with one attached hydrogen (secondary N) is 1. The summed E-state index contributed by atoms with van der Waals surface area (Å²) >= 11 is 9.91. The van der Waals surface area contributed by atoms with E-state index >= 15 is 0 Å². The standard InChI is InChI=1S/C23H25BrClN5O3/c24-16-7-8-20-18(13-16)23(17-5-1-2-6-19(17)25)28-21(27-20)14-26-29-22(33)15-30(9-3-11-31)10-4-12-32/h1-2,5-8,13-14,31-32H,3-4,9-12,15H2,(H,29,33)/b26-14+. The Morgan fingerprint density at radius 3 is 2.55 bits per heavy atom. The number of amides is 1. The normalized spacial score (nSPS) is 11.5. The summed E-state index contributed by atoms with van der Waals surface area (Å²) in [6.07, 6.45) is 2.49. The van der Waals surface area contributed by atoms with Gasteiger partial charge in [0.15, 0.2) is 5.82 Å². The first-order chi connectivity index (χ1) is 16.0. The SMILES string of the molecule is O=C(CN(CCCO)CCCO)N/N=C/c1nc(-c2ccccc2Cl)c2cc(Br)ccc2n1. The molecule has 0 aliphatic carbocycles. The van der Waals surface area contributed by atoms with Gasteiger partial charge in [-0.1, -0.05) is 45.7 Å². The van der Waals surface area contributed by atoms with Gasteiger partial charge in [0.2, 0.25) is 0 Å². The average molecular weight is 535 g/mol. The first-order valence-corrected chi connectivity index (χ1v) is 11.7. The van der Waals surface area contributed by atoms with Crippen LogP contribution in [0.15, 0.2) is 52.0 Å². The van der Waals surface area contributed by atoms with Crippen LogP contribution >= 0.6 is 27.5 Å². The van der Waals surface area contributed by atoms with Crippen LogP contribution in [0.25, 0.3) is 22.2 Å².